The molecule has 22 heavy (non-hydrogen) atoms. The second kappa shape index (κ2) is 6.90. The van der Waals surface area contributed by atoms with E-state index in [1.165, 1.54) is 38.5 Å². The summed E-state index contributed by atoms with van der Waals surface area (Å²) in [4.78, 5) is 15.3. The molecule has 0 aromatic rings. The maximum absolute atomic E-state index is 13.1. The Bertz CT molecular complexity index is 389. The van der Waals surface area contributed by atoms with Crippen LogP contribution in [0.4, 0.5) is 0 Å². The van der Waals surface area contributed by atoms with Crippen molar-refractivity contribution in [3.05, 3.63) is 0 Å². The van der Waals surface area contributed by atoms with Gasteiger partial charge in [-0.1, -0.05) is 46.0 Å². The van der Waals surface area contributed by atoms with Gasteiger partial charge in [0.15, 0.2) is 0 Å². The Labute approximate surface area is 136 Å². The van der Waals surface area contributed by atoms with Crippen LogP contribution >= 0.6 is 0 Å². The number of fused-ring (bicyclic) bond motifs is 1. The van der Waals surface area contributed by atoms with Crippen molar-refractivity contribution in [2.75, 3.05) is 13.1 Å². The Kier molecular flexibility index (Phi) is 5.11. The van der Waals surface area contributed by atoms with E-state index in [4.69, 9.17) is 5.73 Å². The second-order valence-electron chi connectivity index (χ2n) is 8.50. The van der Waals surface area contributed by atoms with E-state index < -0.39 is 0 Å². The van der Waals surface area contributed by atoms with Crippen LogP contribution in [0.5, 0.6) is 0 Å². The van der Waals surface area contributed by atoms with Gasteiger partial charge in [-0.2, -0.15) is 0 Å². The Morgan fingerprint density at radius 1 is 1.09 bits per heavy atom. The summed E-state index contributed by atoms with van der Waals surface area (Å²) in [5, 5.41) is 0. The van der Waals surface area contributed by atoms with Gasteiger partial charge in [-0.25, -0.2) is 0 Å². The van der Waals surface area contributed by atoms with E-state index in [9.17, 15) is 4.79 Å². The average Bonchev–Trinajstić information content (AvgIpc) is 3.07. The van der Waals surface area contributed by atoms with Crippen molar-refractivity contribution in [3.8, 4) is 0 Å². The average molecular weight is 306 g/mol. The highest BCUT2D eigenvalue weighted by Crippen LogP contribution is 2.39. The van der Waals surface area contributed by atoms with E-state index in [0.29, 0.717) is 29.7 Å². The van der Waals surface area contributed by atoms with Gasteiger partial charge in [-0.15, -0.1) is 0 Å². The van der Waals surface area contributed by atoms with Crippen molar-refractivity contribution in [2.45, 2.75) is 71.3 Å². The maximum Gasteiger partial charge on any atom is 0.225 e. The van der Waals surface area contributed by atoms with Crippen molar-refractivity contribution < 1.29 is 4.79 Å². The highest BCUT2D eigenvalue weighted by Gasteiger charge is 2.44. The van der Waals surface area contributed by atoms with E-state index >= 15 is 0 Å². The summed E-state index contributed by atoms with van der Waals surface area (Å²) in [6, 6.07) is 0.332. The van der Waals surface area contributed by atoms with E-state index in [1.54, 1.807) is 0 Å². The Morgan fingerprint density at radius 2 is 1.82 bits per heavy atom. The fourth-order valence-electron chi connectivity index (χ4n) is 5.16. The van der Waals surface area contributed by atoms with Gasteiger partial charge in [0.1, 0.15) is 0 Å². The highest BCUT2D eigenvalue weighted by atomic mass is 16.2. The molecule has 3 nitrogen and oxygen atoms in total. The van der Waals surface area contributed by atoms with Crippen molar-refractivity contribution >= 4 is 5.91 Å². The summed E-state index contributed by atoms with van der Waals surface area (Å²) in [5.41, 5.74) is 6.23. The van der Waals surface area contributed by atoms with Gasteiger partial charge in [-0.3, -0.25) is 4.79 Å². The number of amides is 1. The lowest BCUT2D eigenvalue weighted by Crippen LogP contribution is -2.39. The van der Waals surface area contributed by atoms with Gasteiger partial charge in [-0.05, 0) is 42.9 Å². The zero-order valence-corrected chi connectivity index (χ0v) is 14.5. The van der Waals surface area contributed by atoms with Crippen LogP contribution in [-0.4, -0.2) is 29.9 Å². The summed E-state index contributed by atoms with van der Waals surface area (Å²) in [7, 11) is 0. The molecule has 2 N–H and O–H groups in total. The number of nitrogens with zero attached hydrogens (tertiary/aromatic N) is 1. The minimum absolute atomic E-state index is 0.234. The van der Waals surface area contributed by atoms with Crippen molar-refractivity contribution in [1.29, 1.82) is 0 Å². The predicted molar refractivity (Wildman–Crippen MR) is 90.3 cm³/mol. The van der Waals surface area contributed by atoms with Gasteiger partial charge in [0.25, 0.3) is 0 Å². The second-order valence-corrected chi connectivity index (χ2v) is 8.50. The van der Waals surface area contributed by atoms with Crippen LogP contribution in [0.3, 0.4) is 0 Å². The molecule has 3 fully saturated rings. The molecule has 3 heteroatoms. The molecule has 0 aromatic heterocycles. The number of hydrogen-bond acceptors (Lipinski definition) is 2. The summed E-state index contributed by atoms with van der Waals surface area (Å²) in [5.74, 6) is 3.17. The maximum atomic E-state index is 13.1. The number of rotatable bonds is 4. The molecule has 1 heterocycles. The van der Waals surface area contributed by atoms with Gasteiger partial charge < -0.3 is 10.6 Å². The molecule has 126 valence electrons. The van der Waals surface area contributed by atoms with Gasteiger partial charge in [0, 0.05) is 25.0 Å². The first-order valence-electron chi connectivity index (χ1n) is 9.60. The third-order valence-electron chi connectivity index (χ3n) is 6.66. The molecule has 0 aromatic carbocycles. The number of carbonyl (C=O) groups is 1. The molecule has 0 bridgehead atoms. The van der Waals surface area contributed by atoms with E-state index in [-0.39, 0.29) is 5.92 Å². The van der Waals surface area contributed by atoms with E-state index in [0.717, 1.165) is 31.8 Å². The van der Waals surface area contributed by atoms with Crippen LogP contribution in [0.15, 0.2) is 0 Å². The lowest BCUT2D eigenvalue weighted by atomic mass is 9.79. The predicted octanol–water partition coefficient (Wildman–Crippen LogP) is 3.42. The SMILES string of the molecule is CC(C)C(CC1CCCCC1)C(=O)N1CC2CCC(N)C2C1. The topological polar surface area (TPSA) is 46.3 Å². The lowest BCUT2D eigenvalue weighted by molar-refractivity contribution is -0.137. The molecule has 1 saturated heterocycles. The summed E-state index contributed by atoms with van der Waals surface area (Å²) >= 11 is 0. The van der Waals surface area contributed by atoms with Crippen LogP contribution in [0.1, 0.15) is 65.2 Å². The lowest BCUT2D eigenvalue weighted by Gasteiger charge is -2.31. The Morgan fingerprint density at radius 3 is 2.45 bits per heavy atom. The molecule has 3 rings (SSSR count). The first kappa shape index (κ1) is 16.3. The molecule has 4 atom stereocenters. The van der Waals surface area contributed by atoms with Gasteiger partial charge in [0.05, 0.1) is 0 Å². The molecule has 0 radical (unpaired) electrons. The molecule has 1 amide bonds. The van der Waals surface area contributed by atoms with Crippen molar-refractivity contribution in [3.63, 3.8) is 0 Å². The number of hydrogen-bond donors (Lipinski definition) is 1. The van der Waals surface area contributed by atoms with Crippen LogP contribution in [-0.2, 0) is 4.79 Å². The molecule has 2 saturated carbocycles. The zero-order chi connectivity index (χ0) is 15.7. The van der Waals surface area contributed by atoms with E-state index in [1.807, 2.05) is 0 Å². The van der Waals surface area contributed by atoms with Crippen molar-refractivity contribution in [2.24, 2.45) is 35.3 Å². The molecule has 3 aliphatic rings. The minimum atomic E-state index is 0.234. The van der Waals surface area contributed by atoms with E-state index in [2.05, 4.69) is 18.7 Å². The third-order valence-corrected chi connectivity index (χ3v) is 6.66. The summed E-state index contributed by atoms with van der Waals surface area (Å²) in [6.45, 7) is 6.37. The number of nitrogens with two attached hydrogens (primary N) is 1. The van der Waals surface area contributed by atoms with Gasteiger partial charge >= 0.3 is 0 Å². The normalized spacial score (nSPS) is 34.2. The standard InChI is InChI=1S/C19H34N2O/c1-13(2)16(10-14-6-4-3-5-7-14)19(22)21-11-15-8-9-18(20)17(15)12-21/h13-18H,3-12,20H2,1-2H3. The molecule has 1 aliphatic heterocycles. The number of carbonyl (C=O) groups excluding carboxylic acids is 1. The molecule has 4 unspecified atom stereocenters. The Balaban J connectivity index is 1.60. The first-order valence-corrected chi connectivity index (χ1v) is 9.60. The van der Waals surface area contributed by atoms with Crippen LogP contribution < -0.4 is 5.73 Å². The zero-order valence-electron chi connectivity index (χ0n) is 14.5. The third kappa shape index (κ3) is 3.34. The molecule has 2 aliphatic carbocycles. The van der Waals surface area contributed by atoms with Crippen LogP contribution in [0.2, 0.25) is 0 Å². The number of likely N-dealkylation sites (tertiary alicyclic amines) is 1. The largest absolute Gasteiger partial charge is 0.342 e. The molecular weight excluding hydrogens is 272 g/mol. The molecule has 0 spiro atoms. The van der Waals surface area contributed by atoms with Crippen LogP contribution in [0, 0.1) is 29.6 Å². The monoisotopic (exact) mass is 306 g/mol. The van der Waals surface area contributed by atoms with Crippen LogP contribution in [0.25, 0.3) is 0 Å². The minimum Gasteiger partial charge on any atom is -0.342 e. The van der Waals surface area contributed by atoms with Gasteiger partial charge in [0.2, 0.25) is 5.91 Å². The first-order chi connectivity index (χ1) is 10.6. The fourth-order valence-corrected chi connectivity index (χ4v) is 5.16. The smallest absolute Gasteiger partial charge is 0.225 e. The quantitative estimate of drug-likeness (QED) is 0.865. The summed E-state index contributed by atoms with van der Waals surface area (Å²) in [6.07, 6.45) is 10.3. The summed E-state index contributed by atoms with van der Waals surface area (Å²) < 4.78 is 0. The highest BCUT2D eigenvalue weighted by molar-refractivity contribution is 5.79. The Hall–Kier alpha value is -0.570. The molecular formula is C19H34N2O. The van der Waals surface area contributed by atoms with Crippen molar-refractivity contribution in [1.82, 2.24) is 4.90 Å². The fraction of sp³-hybridized carbons (Fsp3) is 0.947.